The number of hydrogen-bond acceptors (Lipinski definition) is 2. The average Bonchev–Trinajstić information content (AvgIpc) is 3.74. The number of benzene rings is 7. The van der Waals surface area contributed by atoms with Gasteiger partial charge >= 0.3 is 0 Å². The zero-order chi connectivity index (χ0) is 42.1. The van der Waals surface area contributed by atoms with Crippen molar-refractivity contribution in [1.29, 1.82) is 0 Å². The summed E-state index contributed by atoms with van der Waals surface area (Å²) in [6.45, 7) is 4.88. The Morgan fingerprint density at radius 1 is 0.413 bits per heavy atom. The lowest BCUT2D eigenvalue weighted by Crippen LogP contribution is -2.35. The van der Waals surface area contributed by atoms with Gasteiger partial charge in [0.15, 0.2) is 0 Å². The van der Waals surface area contributed by atoms with Gasteiger partial charge in [-0.05, 0) is 86.5 Å². The molecule has 0 saturated heterocycles. The topological polar surface area (TPSA) is 25.8 Å². The molecule has 0 amide bonds. The van der Waals surface area contributed by atoms with Gasteiger partial charge in [0.2, 0.25) is 0 Å². The van der Waals surface area contributed by atoms with Crippen LogP contribution in [0.4, 0.5) is 0 Å². The fraction of sp³-hybridized carbons (Fsp3) is 0.180. The number of rotatable bonds is 6. The molecule has 1 spiro atoms. The SMILES string of the molecule is CC1(C)C2=CC3c4ccccc4C4(CCCCC4)C3C=C2c2cc(-c3ccc(-c4cccc(-c5nc(-c6ccccc6)c(-c6ccccc6)nc5-c5ccccc5)c4)cc3)ccc21. The van der Waals surface area contributed by atoms with Crippen molar-refractivity contribution in [1.82, 2.24) is 9.97 Å². The van der Waals surface area contributed by atoms with Crippen LogP contribution in [0.2, 0.25) is 0 Å². The number of aromatic nitrogens is 2. The van der Waals surface area contributed by atoms with E-state index in [0.717, 1.165) is 50.6 Å². The van der Waals surface area contributed by atoms with Crippen LogP contribution in [-0.4, -0.2) is 9.97 Å². The first kappa shape index (κ1) is 37.8. The van der Waals surface area contributed by atoms with E-state index in [1.165, 1.54) is 71.1 Å². The fourth-order valence-electron chi connectivity index (χ4n) is 11.9. The molecule has 304 valence electrons. The Labute approximate surface area is 371 Å². The lowest BCUT2D eigenvalue weighted by Gasteiger charge is -2.41. The molecule has 7 aromatic carbocycles. The second-order valence-electron chi connectivity index (χ2n) is 18.8. The predicted octanol–water partition coefficient (Wildman–Crippen LogP) is 15.7. The molecule has 2 nitrogen and oxygen atoms in total. The molecule has 1 aromatic heterocycles. The van der Waals surface area contributed by atoms with Crippen LogP contribution >= 0.6 is 0 Å². The average molecular weight is 811 g/mol. The van der Waals surface area contributed by atoms with E-state index in [9.17, 15) is 0 Å². The van der Waals surface area contributed by atoms with E-state index in [1.54, 1.807) is 11.1 Å². The van der Waals surface area contributed by atoms with Crippen molar-refractivity contribution in [3.05, 3.63) is 222 Å². The van der Waals surface area contributed by atoms with Gasteiger partial charge in [0.25, 0.3) is 0 Å². The maximum Gasteiger partial charge on any atom is 0.0973 e. The molecular weight excluding hydrogens is 761 g/mol. The molecule has 1 fully saturated rings. The van der Waals surface area contributed by atoms with E-state index in [-0.39, 0.29) is 10.8 Å². The van der Waals surface area contributed by atoms with Crippen molar-refractivity contribution < 1.29 is 0 Å². The molecule has 8 aromatic rings. The summed E-state index contributed by atoms with van der Waals surface area (Å²) in [5.74, 6) is 0.990. The summed E-state index contributed by atoms with van der Waals surface area (Å²) in [5.41, 5.74) is 21.8. The van der Waals surface area contributed by atoms with E-state index in [0.29, 0.717) is 11.8 Å². The molecule has 2 heteroatoms. The van der Waals surface area contributed by atoms with Crippen LogP contribution < -0.4 is 0 Å². The molecule has 0 bridgehead atoms. The Balaban J connectivity index is 0.907. The quantitative estimate of drug-likeness (QED) is 0.167. The lowest BCUT2D eigenvalue weighted by atomic mass is 9.62. The third-order valence-corrected chi connectivity index (χ3v) is 15.0. The molecule has 12 rings (SSSR count). The molecular formula is C61H50N2. The van der Waals surface area contributed by atoms with Gasteiger partial charge in [-0.1, -0.05) is 215 Å². The van der Waals surface area contributed by atoms with Crippen molar-refractivity contribution in [2.24, 2.45) is 5.92 Å². The van der Waals surface area contributed by atoms with Crippen LogP contribution in [0.15, 0.2) is 200 Å². The maximum absolute atomic E-state index is 5.50. The first-order valence-electron chi connectivity index (χ1n) is 22.9. The van der Waals surface area contributed by atoms with Crippen molar-refractivity contribution in [3.8, 4) is 67.3 Å². The molecule has 4 aliphatic rings. The number of hydrogen-bond donors (Lipinski definition) is 0. The van der Waals surface area contributed by atoms with Crippen molar-refractivity contribution in [3.63, 3.8) is 0 Å². The highest BCUT2D eigenvalue weighted by atomic mass is 14.9. The first-order chi connectivity index (χ1) is 31.0. The Kier molecular flexibility index (Phi) is 8.94. The van der Waals surface area contributed by atoms with Crippen LogP contribution in [0.25, 0.3) is 72.9 Å². The molecule has 0 N–H and O–H groups in total. The highest BCUT2D eigenvalue weighted by molar-refractivity contribution is 5.93. The zero-order valence-electron chi connectivity index (χ0n) is 36.1. The highest BCUT2D eigenvalue weighted by Gasteiger charge is 2.53. The Hall–Kier alpha value is -6.90. The molecule has 2 unspecified atom stereocenters. The van der Waals surface area contributed by atoms with Crippen LogP contribution in [0.3, 0.4) is 0 Å². The van der Waals surface area contributed by atoms with Gasteiger partial charge in [0.1, 0.15) is 0 Å². The minimum atomic E-state index is -0.0364. The third-order valence-electron chi connectivity index (χ3n) is 15.0. The summed E-state index contributed by atoms with van der Waals surface area (Å²) in [6.07, 6.45) is 12.1. The highest BCUT2D eigenvalue weighted by Crippen LogP contribution is 2.64. The fourth-order valence-corrected chi connectivity index (χ4v) is 11.9. The van der Waals surface area contributed by atoms with Crippen LogP contribution in [0.5, 0.6) is 0 Å². The largest absolute Gasteiger partial charge is 0.243 e. The smallest absolute Gasteiger partial charge is 0.0973 e. The van der Waals surface area contributed by atoms with Gasteiger partial charge in [-0.3, -0.25) is 0 Å². The second-order valence-corrected chi connectivity index (χ2v) is 18.8. The third kappa shape index (κ3) is 6.14. The van der Waals surface area contributed by atoms with Gasteiger partial charge in [-0.2, -0.15) is 0 Å². The Bertz CT molecular complexity index is 3090. The van der Waals surface area contributed by atoms with E-state index >= 15 is 0 Å². The maximum atomic E-state index is 5.50. The first-order valence-corrected chi connectivity index (χ1v) is 22.9. The van der Waals surface area contributed by atoms with Crippen molar-refractivity contribution in [2.45, 2.75) is 62.7 Å². The zero-order valence-corrected chi connectivity index (χ0v) is 36.1. The summed E-state index contributed by atoms with van der Waals surface area (Å²) in [5, 5.41) is 0. The van der Waals surface area contributed by atoms with Crippen molar-refractivity contribution >= 4 is 5.57 Å². The Morgan fingerprint density at radius 3 is 1.51 bits per heavy atom. The van der Waals surface area contributed by atoms with Gasteiger partial charge in [-0.15, -0.1) is 0 Å². The summed E-state index contributed by atoms with van der Waals surface area (Å²) >= 11 is 0. The molecule has 0 aliphatic heterocycles. The van der Waals surface area contributed by atoms with Gasteiger partial charge in [-0.25, -0.2) is 9.97 Å². The van der Waals surface area contributed by atoms with Gasteiger partial charge < -0.3 is 0 Å². The van der Waals surface area contributed by atoms with E-state index in [4.69, 9.17) is 9.97 Å². The summed E-state index contributed by atoms with van der Waals surface area (Å²) < 4.78 is 0. The van der Waals surface area contributed by atoms with Crippen molar-refractivity contribution in [2.75, 3.05) is 0 Å². The minimum Gasteiger partial charge on any atom is -0.243 e. The molecule has 1 saturated carbocycles. The molecule has 1 heterocycles. The minimum absolute atomic E-state index is 0.0364. The second kappa shape index (κ2) is 14.9. The van der Waals surface area contributed by atoms with E-state index < -0.39 is 0 Å². The molecule has 2 atom stereocenters. The molecule has 4 aliphatic carbocycles. The lowest BCUT2D eigenvalue weighted by molar-refractivity contribution is 0.233. The number of fused-ring (bicyclic) bond motifs is 8. The standard InChI is InChI=1S/C61H50N2/c1-60(2)52-33-32-46(37-49(52)51-39-55-50(38-54(51)60)48-26-13-14-27-53(48)61(55)34-15-6-16-35-61)41-30-28-40(29-31-41)45-24-17-25-47(36-45)59-58(44-22-11-5-12-23-44)62-56(42-18-7-3-8-19-42)57(63-59)43-20-9-4-10-21-43/h3-5,7-14,17-33,36-39,50,55H,6,15-16,34-35H2,1-2H3. The molecule has 63 heavy (non-hydrogen) atoms. The van der Waals surface area contributed by atoms with Gasteiger partial charge in [0, 0.05) is 39.0 Å². The Morgan fingerprint density at radius 2 is 0.905 bits per heavy atom. The summed E-state index contributed by atoms with van der Waals surface area (Å²) in [6, 6.07) is 66.0. The summed E-state index contributed by atoms with van der Waals surface area (Å²) in [7, 11) is 0. The predicted molar refractivity (Wildman–Crippen MR) is 261 cm³/mol. The van der Waals surface area contributed by atoms with Gasteiger partial charge in [0.05, 0.1) is 22.8 Å². The molecule has 0 radical (unpaired) electrons. The van der Waals surface area contributed by atoms with Crippen LogP contribution in [-0.2, 0) is 10.8 Å². The van der Waals surface area contributed by atoms with Crippen LogP contribution in [0.1, 0.15) is 74.1 Å². The monoisotopic (exact) mass is 810 g/mol. The summed E-state index contributed by atoms with van der Waals surface area (Å²) in [4.78, 5) is 11.0. The van der Waals surface area contributed by atoms with E-state index in [2.05, 4.69) is 196 Å². The van der Waals surface area contributed by atoms with E-state index in [1.807, 2.05) is 12.1 Å². The van der Waals surface area contributed by atoms with Crippen LogP contribution in [0, 0.1) is 5.92 Å². The number of allylic oxidation sites excluding steroid dienone is 4. The normalized spacial score (nSPS) is 18.8. The number of nitrogens with zero attached hydrogens (tertiary/aromatic N) is 2.